The van der Waals surface area contributed by atoms with Crippen LogP contribution in [-0.2, 0) is 9.53 Å². The van der Waals surface area contributed by atoms with Gasteiger partial charge in [0.25, 0.3) is 0 Å². The summed E-state index contributed by atoms with van der Waals surface area (Å²) in [6.07, 6.45) is 2.13. The number of hydrogen-bond acceptors (Lipinski definition) is 3. The van der Waals surface area contributed by atoms with E-state index in [1.807, 2.05) is 18.2 Å². The van der Waals surface area contributed by atoms with Gasteiger partial charge >= 0.3 is 5.97 Å². The molecular formula is C12H14ClNO2. The first-order valence-corrected chi connectivity index (χ1v) is 5.69. The molecule has 0 heterocycles. The van der Waals surface area contributed by atoms with Crippen LogP contribution in [0.4, 0.5) is 5.69 Å². The highest BCUT2D eigenvalue weighted by Crippen LogP contribution is 2.35. The van der Waals surface area contributed by atoms with Crippen LogP contribution in [0.3, 0.4) is 0 Å². The Hall–Kier alpha value is -1.22. The number of anilines is 1. The maximum absolute atomic E-state index is 11.6. The van der Waals surface area contributed by atoms with Gasteiger partial charge in [0.05, 0.1) is 17.8 Å². The SMILES string of the molecule is COC(=O)C(Nc1ccccc1Cl)C1CC1. The molecule has 0 aliphatic heterocycles. The smallest absolute Gasteiger partial charge is 0.328 e. The third-order valence-electron chi connectivity index (χ3n) is 2.73. The molecule has 1 unspecified atom stereocenters. The first kappa shape index (κ1) is 11.3. The number of hydrogen-bond donors (Lipinski definition) is 1. The van der Waals surface area contributed by atoms with Crippen molar-refractivity contribution in [3.05, 3.63) is 29.3 Å². The summed E-state index contributed by atoms with van der Waals surface area (Å²) < 4.78 is 4.78. The molecule has 16 heavy (non-hydrogen) atoms. The molecule has 1 aromatic rings. The van der Waals surface area contributed by atoms with Crippen molar-refractivity contribution in [3.8, 4) is 0 Å². The van der Waals surface area contributed by atoms with Crippen LogP contribution in [-0.4, -0.2) is 19.1 Å². The lowest BCUT2D eigenvalue weighted by atomic mass is 10.1. The lowest BCUT2D eigenvalue weighted by Gasteiger charge is -2.17. The number of esters is 1. The maximum atomic E-state index is 11.6. The topological polar surface area (TPSA) is 38.3 Å². The van der Waals surface area contributed by atoms with Crippen molar-refractivity contribution in [1.82, 2.24) is 0 Å². The van der Waals surface area contributed by atoms with Crippen molar-refractivity contribution in [1.29, 1.82) is 0 Å². The molecule has 0 spiro atoms. The average Bonchev–Trinajstić information content (AvgIpc) is 3.11. The largest absolute Gasteiger partial charge is 0.467 e. The second-order valence-corrected chi connectivity index (χ2v) is 4.37. The Morgan fingerprint density at radius 3 is 2.75 bits per heavy atom. The van der Waals surface area contributed by atoms with E-state index in [9.17, 15) is 4.79 Å². The molecule has 2 rings (SSSR count). The van der Waals surface area contributed by atoms with Gasteiger partial charge in [-0.2, -0.15) is 0 Å². The number of methoxy groups -OCH3 is 1. The molecule has 1 aliphatic carbocycles. The summed E-state index contributed by atoms with van der Waals surface area (Å²) >= 11 is 6.03. The van der Waals surface area contributed by atoms with Crippen molar-refractivity contribution < 1.29 is 9.53 Å². The second kappa shape index (κ2) is 4.74. The minimum Gasteiger partial charge on any atom is -0.467 e. The van der Waals surface area contributed by atoms with Crippen molar-refractivity contribution in [2.45, 2.75) is 18.9 Å². The predicted octanol–water partition coefficient (Wildman–Crippen LogP) is 2.70. The molecular weight excluding hydrogens is 226 g/mol. The second-order valence-electron chi connectivity index (χ2n) is 3.96. The fourth-order valence-electron chi connectivity index (χ4n) is 1.67. The minimum absolute atomic E-state index is 0.220. The third kappa shape index (κ3) is 2.47. The molecule has 1 aliphatic rings. The summed E-state index contributed by atoms with van der Waals surface area (Å²) in [6, 6.07) is 7.13. The van der Waals surface area contributed by atoms with Crippen LogP contribution in [0.15, 0.2) is 24.3 Å². The number of carbonyl (C=O) groups is 1. The van der Waals surface area contributed by atoms with Crippen LogP contribution < -0.4 is 5.32 Å². The highest BCUT2D eigenvalue weighted by Gasteiger charge is 2.37. The van der Waals surface area contributed by atoms with E-state index in [2.05, 4.69) is 5.32 Å². The van der Waals surface area contributed by atoms with Crippen LogP contribution >= 0.6 is 11.6 Å². The van der Waals surface area contributed by atoms with Gasteiger partial charge in [-0.25, -0.2) is 4.79 Å². The number of benzene rings is 1. The lowest BCUT2D eigenvalue weighted by molar-refractivity contribution is -0.142. The van der Waals surface area contributed by atoms with Crippen LogP contribution in [0.2, 0.25) is 5.02 Å². The molecule has 3 nitrogen and oxygen atoms in total. The van der Waals surface area contributed by atoms with Gasteiger partial charge < -0.3 is 10.1 Å². The number of rotatable bonds is 4. The van der Waals surface area contributed by atoms with Crippen LogP contribution in [0.5, 0.6) is 0 Å². The Morgan fingerprint density at radius 1 is 1.50 bits per heavy atom. The van der Waals surface area contributed by atoms with Gasteiger partial charge in [-0.3, -0.25) is 0 Å². The van der Waals surface area contributed by atoms with Crippen molar-refractivity contribution in [2.24, 2.45) is 5.92 Å². The first-order chi connectivity index (χ1) is 7.72. The number of carbonyl (C=O) groups excluding carboxylic acids is 1. The Morgan fingerprint density at radius 2 is 2.19 bits per heavy atom. The quantitative estimate of drug-likeness (QED) is 0.821. The maximum Gasteiger partial charge on any atom is 0.328 e. The van der Waals surface area contributed by atoms with Gasteiger partial charge in [0.2, 0.25) is 0 Å². The standard InChI is InChI=1S/C12H14ClNO2/c1-16-12(15)11(8-6-7-8)14-10-5-3-2-4-9(10)13/h2-5,8,11,14H,6-7H2,1H3. The van der Waals surface area contributed by atoms with Gasteiger partial charge in [0.1, 0.15) is 6.04 Å². The zero-order valence-corrected chi connectivity index (χ0v) is 9.83. The number of para-hydroxylation sites is 1. The molecule has 0 radical (unpaired) electrons. The van der Waals surface area contributed by atoms with E-state index in [0.29, 0.717) is 10.9 Å². The van der Waals surface area contributed by atoms with E-state index in [4.69, 9.17) is 16.3 Å². The fourth-order valence-corrected chi connectivity index (χ4v) is 1.86. The summed E-state index contributed by atoms with van der Waals surface area (Å²) in [7, 11) is 1.41. The summed E-state index contributed by atoms with van der Waals surface area (Å²) in [4.78, 5) is 11.6. The van der Waals surface area contributed by atoms with E-state index in [1.165, 1.54) is 7.11 Å². The Labute approximate surface area is 99.7 Å². The monoisotopic (exact) mass is 239 g/mol. The van der Waals surface area contributed by atoms with Gasteiger partial charge in [-0.05, 0) is 30.9 Å². The summed E-state index contributed by atoms with van der Waals surface area (Å²) in [5.74, 6) is 0.158. The Bertz CT molecular complexity index is 390. The van der Waals surface area contributed by atoms with Crippen LogP contribution in [0.1, 0.15) is 12.8 Å². The van der Waals surface area contributed by atoms with Crippen LogP contribution in [0.25, 0.3) is 0 Å². The first-order valence-electron chi connectivity index (χ1n) is 5.31. The van der Waals surface area contributed by atoms with Gasteiger partial charge in [-0.15, -0.1) is 0 Å². The Kier molecular flexibility index (Phi) is 3.34. The average molecular weight is 240 g/mol. The molecule has 1 atom stereocenters. The molecule has 1 N–H and O–H groups in total. The van der Waals surface area contributed by atoms with Crippen molar-refractivity contribution >= 4 is 23.3 Å². The zero-order chi connectivity index (χ0) is 11.5. The fraction of sp³-hybridized carbons (Fsp3) is 0.417. The predicted molar refractivity (Wildman–Crippen MR) is 63.6 cm³/mol. The number of ether oxygens (including phenoxy) is 1. The third-order valence-corrected chi connectivity index (χ3v) is 3.06. The van der Waals surface area contributed by atoms with Crippen molar-refractivity contribution in [2.75, 3.05) is 12.4 Å². The molecule has 0 saturated heterocycles. The molecule has 0 bridgehead atoms. The molecule has 0 aromatic heterocycles. The van der Waals surface area contributed by atoms with E-state index in [0.717, 1.165) is 18.5 Å². The Balaban J connectivity index is 2.11. The highest BCUT2D eigenvalue weighted by atomic mass is 35.5. The minimum atomic E-state index is -0.273. The summed E-state index contributed by atoms with van der Waals surface area (Å²) in [5, 5.41) is 3.78. The molecule has 1 aromatic carbocycles. The molecule has 1 saturated carbocycles. The van der Waals surface area contributed by atoms with Gasteiger partial charge in [-0.1, -0.05) is 23.7 Å². The van der Waals surface area contributed by atoms with E-state index < -0.39 is 0 Å². The number of halogens is 1. The summed E-state index contributed by atoms with van der Waals surface area (Å²) in [5.41, 5.74) is 0.784. The molecule has 4 heteroatoms. The van der Waals surface area contributed by atoms with E-state index in [1.54, 1.807) is 6.07 Å². The summed E-state index contributed by atoms with van der Waals surface area (Å²) in [6.45, 7) is 0. The molecule has 1 fully saturated rings. The lowest BCUT2D eigenvalue weighted by Crippen LogP contribution is -2.32. The van der Waals surface area contributed by atoms with Crippen molar-refractivity contribution in [3.63, 3.8) is 0 Å². The molecule has 86 valence electrons. The highest BCUT2D eigenvalue weighted by molar-refractivity contribution is 6.33. The van der Waals surface area contributed by atoms with E-state index in [-0.39, 0.29) is 12.0 Å². The normalized spacial score (nSPS) is 16.6. The van der Waals surface area contributed by atoms with Crippen LogP contribution in [0, 0.1) is 5.92 Å². The van der Waals surface area contributed by atoms with E-state index >= 15 is 0 Å². The molecule has 0 amide bonds. The van der Waals surface area contributed by atoms with Gasteiger partial charge in [0, 0.05) is 0 Å². The van der Waals surface area contributed by atoms with Gasteiger partial charge in [0.15, 0.2) is 0 Å². The number of nitrogens with one attached hydrogen (secondary N) is 1. The zero-order valence-electron chi connectivity index (χ0n) is 9.07.